The molecular formula is C25H40N4O6. The summed E-state index contributed by atoms with van der Waals surface area (Å²) in [6.07, 6.45) is 2.80. The molecule has 2 rings (SSSR count). The highest BCUT2D eigenvalue weighted by Gasteiger charge is 2.48. The summed E-state index contributed by atoms with van der Waals surface area (Å²) in [6, 6.07) is -1.09. The molecule has 0 unspecified atom stereocenters. The Bertz CT molecular complexity index is 908. The van der Waals surface area contributed by atoms with Crippen LogP contribution in [0.15, 0.2) is 10.6 Å². The summed E-state index contributed by atoms with van der Waals surface area (Å²) in [5, 5.41) is 11.9. The molecule has 0 saturated heterocycles. The van der Waals surface area contributed by atoms with Crippen molar-refractivity contribution in [3.63, 3.8) is 0 Å². The first kappa shape index (κ1) is 28.5. The number of Topliss-reactive ketones (excluding diaryl/α,β-unsaturated/α-hetero) is 1. The molecule has 0 aliphatic heterocycles. The number of aryl methyl sites for hydroxylation is 1. The fraction of sp³-hybridized carbons (Fsp3) is 0.720. The Labute approximate surface area is 207 Å². The first-order valence-electron chi connectivity index (χ1n) is 12.3. The summed E-state index contributed by atoms with van der Waals surface area (Å²) in [7, 11) is 1.41. The van der Waals surface area contributed by atoms with Crippen LogP contribution in [0.5, 0.6) is 0 Å². The van der Waals surface area contributed by atoms with Crippen LogP contribution in [0.3, 0.4) is 0 Å². The number of nitrogens with one attached hydrogen (secondary N) is 3. The molecule has 0 aromatic carbocycles. The first-order chi connectivity index (χ1) is 16.4. The third-order valence-electron chi connectivity index (χ3n) is 6.54. The van der Waals surface area contributed by atoms with Crippen molar-refractivity contribution in [2.45, 2.75) is 85.4 Å². The van der Waals surface area contributed by atoms with Crippen LogP contribution >= 0.6 is 0 Å². The summed E-state index contributed by atoms with van der Waals surface area (Å²) in [5.74, 6) is -1.06. The second-order valence-corrected chi connectivity index (χ2v) is 10.3. The zero-order valence-electron chi connectivity index (χ0n) is 21.9. The van der Waals surface area contributed by atoms with Gasteiger partial charge >= 0.3 is 0 Å². The lowest BCUT2D eigenvalue weighted by molar-refractivity contribution is -0.134. The minimum Gasteiger partial charge on any atom is -0.382 e. The fourth-order valence-corrected chi connectivity index (χ4v) is 3.83. The van der Waals surface area contributed by atoms with Crippen LogP contribution in [0, 0.1) is 24.2 Å². The van der Waals surface area contributed by atoms with E-state index in [0.717, 1.165) is 12.8 Å². The van der Waals surface area contributed by atoms with Gasteiger partial charge in [0.15, 0.2) is 11.5 Å². The average Bonchev–Trinajstić information content (AvgIpc) is 3.40. The number of methoxy groups -OCH3 is 1. The Hall–Kier alpha value is -2.75. The predicted molar refractivity (Wildman–Crippen MR) is 129 cm³/mol. The van der Waals surface area contributed by atoms with Gasteiger partial charge in [-0.2, -0.15) is 0 Å². The SMILES string of the molecule is CC[C@H](C)[C@H](NC(=O)[C@H](COC)NC(=O)c1cc(C)on1)C(=O)N[C@@H](CC(C)C)C(=O)C1(C)CC1. The maximum Gasteiger partial charge on any atom is 0.274 e. The first-order valence-corrected chi connectivity index (χ1v) is 12.3. The predicted octanol–water partition coefficient (Wildman–Crippen LogP) is 2.16. The quantitative estimate of drug-likeness (QED) is 0.361. The topological polar surface area (TPSA) is 140 Å². The number of nitrogens with zero attached hydrogens (tertiary/aromatic N) is 1. The van der Waals surface area contributed by atoms with Crippen molar-refractivity contribution in [2.24, 2.45) is 17.3 Å². The van der Waals surface area contributed by atoms with Gasteiger partial charge in [-0.1, -0.05) is 46.2 Å². The van der Waals surface area contributed by atoms with Gasteiger partial charge in [-0.25, -0.2) is 0 Å². The summed E-state index contributed by atoms with van der Waals surface area (Å²) < 4.78 is 10.0. The number of aromatic nitrogens is 1. The van der Waals surface area contributed by atoms with Gasteiger partial charge in [0.2, 0.25) is 11.8 Å². The molecule has 35 heavy (non-hydrogen) atoms. The largest absolute Gasteiger partial charge is 0.382 e. The van der Waals surface area contributed by atoms with E-state index < -0.39 is 35.8 Å². The van der Waals surface area contributed by atoms with Crippen molar-refractivity contribution in [3.05, 3.63) is 17.5 Å². The van der Waals surface area contributed by atoms with Crippen LogP contribution in [-0.2, 0) is 19.1 Å². The van der Waals surface area contributed by atoms with Gasteiger partial charge in [0.25, 0.3) is 5.91 Å². The molecule has 0 radical (unpaired) electrons. The van der Waals surface area contributed by atoms with Gasteiger partial charge in [-0.05, 0) is 38.0 Å². The standard InChI is InChI=1S/C25H40N4O6/c1-8-15(4)20(24(33)26-17(11-14(2)3)21(30)25(6)9-10-25)28-23(32)19(13-34-7)27-22(31)18-12-16(5)35-29-18/h12,14-15,17,19-20H,8-11,13H2,1-7H3,(H,26,33)(H,27,31)(H,28,32)/t15-,17-,19-,20-/m0/s1. The van der Waals surface area contributed by atoms with Crippen LogP contribution in [0.1, 0.15) is 76.6 Å². The van der Waals surface area contributed by atoms with Crippen molar-refractivity contribution in [1.82, 2.24) is 21.1 Å². The smallest absolute Gasteiger partial charge is 0.274 e. The number of carbonyl (C=O) groups excluding carboxylic acids is 4. The summed E-state index contributed by atoms with van der Waals surface area (Å²) >= 11 is 0. The Morgan fingerprint density at radius 2 is 1.74 bits per heavy atom. The van der Waals surface area contributed by atoms with Crippen molar-refractivity contribution >= 4 is 23.5 Å². The number of rotatable bonds is 14. The molecule has 1 aromatic rings. The zero-order valence-corrected chi connectivity index (χ0v) is 21.9. The molecule has 3 N–H and O–H groups in total. The number of amides is 3. The molecule has 3 amide bonds. The normalized spacial score (nSPS) is 17.7. The number of carbonyl (C=O) groups is 4. The van der Waals surface area contributed by atoms with Gasteiger partial charge in [-0.15, -0.1) is 0 Å². The highest BCUT2D eigenvalue weighted by molar-refractivity contribution is 5.98. The maximum atomic E-state index is 13.3. The van der Waals surface area contributed by atoms with Crippen LogP contribution in [0.2, 0.25) is 0 Å². The lowest BCUT2D eigenvalue weighted by Gasteiger charge is -2.29. The van der Waals surface area contributed by atoms with Crippen LogP contribution in [-0.4, -0.2) is 60.5 Å². The van der Waals surface area contributed by atoms with Crippen molar-refractivity contribution < 1.29 is 28.4 Å². The fourth-order valence-electron chi connectivity index (χ4n) is 3.83. The Morgan fingerprint density at radius 1 is 1.09 bits per heavy atom. The molecule has 4 atom stereocenters. The van der Waals surface area contributed by atoms with Crippen molar-refractivity contribution in [2.75, 3.05) is 13.7 Å². The van der Waals surface area contributed by atoms with Gasteiger partial charge in [-0.3, -0.25) is 19.2 Å². The van der Waals surface area contributed by atoms with E-state index in [1.807, 2.05) is 34.6 Å². The van der Waals surface area contributed by atoms with E-state index in [4.69, 9.17) is 9.26 Å². The zero-order chi connectivity index (χ0) is 26.3. The van der Waals surface area contributed by atoms with Gasteiger partial charge in [0.05, 0.1) is 12.6 Å². The molecule has 196 valence electrons. The molecule has 1 aromatic heterocycles. The van der Waals surface area contributed by atoms with E-state index in [2.05, 4.69) is 21.1 Å². The summed E-state index contributed by atoms with van der Waals surface area (Å²) in [4.78, 5) is 52.0. The number of hydrogen-bond acceptors (Lipinski definition) is 7. The Kier molecular flexibility index (Phi) is 10.00. The van der Waals surface area contributed by atoms with Gasteiger partial charge < -0.3 is 25.2 Å². The Balaban J connectivity index is 2.14. The third kappa shape index (κ3) is 7.88. The molecular weight excluding hydrogens is 452 g/mol. The third-order valence-corrected chi connectivity index (χ3v) is 6.54. The molecule has 1 fully saturated rings. The van der Waals surface area contributed by atoms with Crippen molar-refractivity contribution in [3.8, 4) is 0 Å². The molecule has 1 aliphatic rings. The monoisotopic (exact) mass is 492 g/mol. The Morgan fingerprint density at radius 3 is 2.23 bits per heavy atom. The molecule has 0 bridgehead atoms. The van der Waals surface area contributed by atoms with Gasteiger partial charge in [0.1, 0.15) is 17.8 Å². The molecule has 10 nitrogen and oxygen atoms in total. The lowest BCUT2D eigenvalue weighted by Crippen LogP contribution is -2.59. The van der Waals surface area contributed by atoms with E-state index in [1.54, 1.807) is 6.92 Å². The highest BCUT2D eigenvalue weighted by Crippen LogP contribution is 2.47. The average molecular weight is 493 g/mol. The van der Waals surface area contributed by atoms with Crippen LogP contribution < -0.4 is 16.0 Å². The molecule has 0 spiro atoms. The number of hydrogen-bond donors (Lipinski definition) is 3. The van der Waals surface area contributed by atoms with Gasteiger partial charge in [0, 0.05) is 18.6 Å². The van der Waals surface area contributed by atoms with E-state index in [9.17, 15) is 19.2 Å². The van der Waals surface area contributed by atoms with Crippen molar-refractivity contribution in [1.29, 1.82) is 0 Å². The minimum absolute atomic E-state index is 0.0382. The highest BCUT2D eigenvalue weighted by atomic mass is 16.5. The van der Waals surface area contributed by atoms with E-state index >= 15 is 0 Å². The molecule has 10 heteroatoms. The lowest BCUT2D eigenvalue weighted by atomic mass is 9.90. The second kappa shape index (κ2) is 12.3. The molecule has 1 aliphatic carbocycles. The molecule has 1 saturated carbocycles. The van der Waals surface area contributed by atoms with Crippen LogP contribution in [0.25, 0.3) is 0 Å². The summed E-state index contributed by atoms with van der Waals surface area (Å²) in [6.45, 7) is 11.3. The van der Waals surface area contributed by atoms with E-state index in [0.29, 0.717) is 18.6 Å². The van der Waals surface area contributed by atoms with E-state index in [-0.39, 0.29) is 35.3 Å². The van der Waals surface area contributed by atoms with E-state index in [1.165, 1.54) is 13.2 Å². The minimum atomic E-state index is -1.05. The summed E-state index contributed by atoms with van der Waals surface area (Å²) in [5.41, 5.74) is -0.342. The molecule has 1 heterocycles. The van der Waals surface area contributed by atoms with Crippen LogP contribution in [0.4, 0.5) is 0 Å². The number of ether oxygens (including phenoxy) is 1. The second-order valence-electron chi connectivity index (χ2n) is 10.3. The maximum absolute atomic E-state index is 13.3. The number of ketones is 1.